The van der Waals surface area contributed by atoms with E-state index in [2.05, 4.69) is 35.4 Å². The molecule has 33 heavy (non-hydrogen) atoms. The van der Waals surface area contributed by atoms with Crippen molar-refractivity contribution in [1.82, 2.24) is 25.5 Å². The molecule has 0 radical (unpaired) electrons. The Hall–Kier alpha value is -3.15. The Kier molecular flexibility index (Phi) is 9.04. The van der Waals surface area contributed by atoms with Gasteiger partial charge in [-0.15, -0.1) is 24.0 Å². The number of nitrogens with one attached hydrogen (secondary N) is 2. The monoisotopic (exact) mass is 561 g/mol. The van der Waals surface area contributed by atoms with Gasteiger partial charge in [-0.3, -0.25) is 9.79 Å². The molecule has 4 rings (SSSR count). The number of benzene rings is 1. The molecule has 0 saturated carbocycles. The van der Waals surface area contributed by atoms with E-state index in [1.165, 1.54) is 0 Å². The number of guanidine groups is 1. The number of nitrogens with zero attached hydrogens (tertiary/aromatic N) is 5. The van der Waals surface area contributed by atoms with Crippen molar-refractivity contribution in [3.05, 3.63) is 78.0 Å². The standard InChI is InChI=1S/C23H27N7O2.HI/c1-24-22(29-10-12-30(13-11-29)23-25-8-4-9-26-23)28-16-18-5-2-6-19(15-18)21(31)27-17-20-7-3-14-32-20;/h2-9,14-15H,10-13,16-17H2,1H3,(H,24,28)(H,27,31);1H. The second-order valence-electron chi connectivity index (χ2n) is 7.39. The SMILES string of the molecule is CN=C(NCc1cccc(C(=O)NCc2ccco2)c1)N1CCN(c2ncccn2)CC1.I. The molecule has 1 saturated heterocycles. The van der Waals surface area contributed by atoms with Crippen molar-refractivity contribution in [1.29, 1.82) is 0 Å². The lowest BCUT2D eigenvalue weighted by atomic mass is 10.1. The van der Waals surface area contributed by atoms with Crippen LogP contribution >= 0.6 is 24.0 Å². The molecule has 3 heterocycles. The van der Waals surface area contributed by atoms with E-state index < -0.39 is 0 Å². The van der Waals surface area contributed by atoms with Crippen LogP contribution in [0.15, 0.2) is 70.5 Å². The summed E-state index contributed by atoms with van der Waals surface area (Å²) in [6.45, 7) is 4.25. The van der Waals surface area contributed by atoms with E-state index in [0.717, 1.165) is 49.4 Å². The molecule has 2 N–H and O–H groups in total. The zero-order valence-electron chi connectivity index (χ0n) is 18.5. The number of anilines is 1. The zero-order chi connectivity index (χ0) is 22.2. The van der Waals surface area contributed by atoms with Gasteiger partial charge in [0.05, 0.1) is 12.8 Å². The first-order chi connectivity index (χ1) is 15.7. The van der Waals surface area contributed by atoms with E-state index in [1.54, 1.807) is 37.8 Å². The van der Waals surface area contributed by atoms with E-state index in [0.29, 0.717) is 18.7 Å². The Morgan fingerprint density at radius 3 is 2.52 bits per heavy atom. The average Bonchev–Trinajstić information content (AvgIpc) is 3.38. The second kappa shape index (κ2) is 12.2. The molecule has 174 valence electrons. The average molecular weight is 561 g/mol. The fraction of sp³-hybridized carbons (Fsp3) is 0.304. The van der Waals surface area contributed by atoms with Gasteiger partial charge in [-0.25, -0.2) is 9.97 Å². The van der Waals surface area contributed by atoms with Crippen LogP contribution in [0, 0.1) is 0 Å². The van der Waals surface area contributed by atoms with Crippen LogP contribution in [0.2, 0.25) is 0 Å². The molecule has 2 aromatic heterocycles. The normalized spacial score (nSPS) is 13.9. The van der Waals surface area contributed by atoms with Crippen LogP contribution in [0.1, 0.15) is 21.7 Å². The number of carbonyl (C=O) groups excluding carboxylic acids is 1. The zero-order valence-corrected chi connectivity index (χ0v) is 20.8. The smallest absolute Gasteiger partial charge is 0.251 e. The number of hydrogen-bond acceptors (Lipinski definition) is 6. The second-order valence-corrected chi connectivity index (χ2v) is 7.39. The topological polar surface area (TPSA) is 98.9 Å². The number of aliphatic imine (C=N–C) groups is 1. The molecule has 10 heteroatoms. The first kappa shape index (κ1) is 24.5. The Labute approximate surface area is 210 Å². The van der Waals surface area contributed by atoms with Gasteiger partial charge in [0.2, 0.25) is 5.95 Å². The Balaban J connectivity index is 0.00000306. The molecule has 0 atom stereocenters. The minimum absolute atomic E-state index is 0. The summed E-state index contributed by atoms with van der Waals surface area (Å²) in [6.07, 6.45) is 5.12. The predicted octanol–water partition coefficient (Wildman–Crippen LogP) is 2.52. The number of carbonyl (C=O) groups is 1. The molecule has 0 aliphatic carbocycles. The highest BCUT2D eigenvalue weighted by molar-refractivity contribution is 14.0. The van der Waals surface area contributed by atoms with Crippen molar-refractivity contribution in [3.8, 4) is 0 Å². The summed E-state index contributed by atoms with van der Waals surface area (Å²) in [4.78, 5) is 30.0. The fourth-order valence-corrected chi connectivity index (χ4v) is 3.59. The van der Waals surface area contributed by atoms with Crippen LogP contribution in [0.25, 0.3) is 0 Å². The van der Waals surface area contributed by atoms with E-state index in [4.69, 9.17) is 4.42 Å². The number of halogens is 1. The Morgan fingerprint density at radius 1 is 1.03 bits per heavy atom. The molecule has 9 nitrogen and oxygen atoms in total. The number of amides is 1. The predicted molar refractivity (Wildman–Crippen MR) is 138 cm³/mol. The molecule has 1 amide bonds. The molecule has 3 aromatic rings. The number of piperazine rings is 1. The van der Waals surface area contributed by atoms with Crippen LogP contribution in [0.5, 0.6) is 0 Å². The summed E-state index contributed by atoms with van der Waals surface area (Å²) < 4.78 is 5.26. The summed E-state index contributed by atoms with van der Waals surface area (Å²) in [5.74, 6) is 2.19. The van der Waals surface area contributed by atoms with Gasteiger partial charge in [0, 0.05) is 57.7 Å². The van der Waals surface area contributed by atoms with Crippen molar-refractivity contribution in [3.63, 3.8) is 0 Å². The summed E-state index contributed by atoms with van der Waals surface area (Å²) in [6, 6.07) is 13.0. The highest BCUT2D eigenvalue weighted by Crippen LogP contribution is 2.11. The van der Waals surface area contributed by atoms with Crippen LogP contribution in [0.4, 0.5) is 5.95 Å². The van der Waals surface area contributed by atoms with Crippen molar-refractivity contribution in [2.45, 2.75) is 13.1 Å². The maximum absolute atomic E-state index is 12.5. The minimum atomic E-state index is -0.133. The summed E-state index contributed by atoms with van der Waals surface area (Å²) in [5.41, 5.74) is 1.62. The van der Waals surface area contributed by atoms with Crippen molar-refractivity contribution >= 4 is 41.8 Å². The third-order valence-corrected chi connectivity index (χ3v) is 5.27. The minimum Gasteiger partial charge on any atom is -0.467 e. The summed E-state index contributed by atoms with van der Waals surface area (Å²) >= 11 is 0. The number of furan rings is 1. The van der Waals surface area contributed by atoms with Gasteiger partial charge < -0.3 is 24.9 Å². The van der Waals surface area contributed by atoms with E-state index >= 15 is 0 Å². The largest absolute Gasteiger partial charge is 0.467 e. The van der Waals surface area contributed by atoms with Crippen LogP contribution in [-0.2, 0) is 13.1 Å². The van der Waals surface area contributed by atoms with E-state index in [-0.39, 0.29) is 29.9 Å². The van der Waals surface area contributed by atoms with Gasteiger partial charge in [0.1, 0.15) is 5.76 Å². The molecular weight excluding hydrogens is 533 g/mol. The maximum atomic E-state index is 12.5. The molecule has 1 aromatic carbocycles. The number of rotatable bonds is 6. The third kappa shape index (κ3) is 6.67. The molecule has 1 aliphatic rings. The van der Waals surface area contributed by atoms with Gasteiger partial charge in [-0.1, -0.05) is 12.1 Å². The molecule has 0 spiro atoms. The highest BCUT2D eigenvalue weighted by Gasteiger charge is 2.21. The molecular formula is C23H28IN7O2. The molecule has 0 bridgehead atoms. The van der Waals surface area contributed by atoms with Gasteiger partial charge in [-0.05, 0) is 35.9 Å². The van der Waals surface area contributed by atoms with Crippen molar-refractivity contribution < 1.29 is 9.21 Å². The van der Waals surface area contributed by atoms with Gasteiger partial charge in [-0.2, -0.15) is 0 Å². The van der Waals surface area contributed by atoms with Gasteiger partial charge in [0.15, 0.2) is 5.96 Å². The number of hydrogen-bond donors (Lipinski definition) is 2. The summed E-state index contributed by atoms with van der Waals surface area (Å²) in [5, 5.41) is 6.28. The van der Waals surface area contributed by atoms with Gasteiger partial charge in [0.25, 0.3) is 5.91 Å². The third-order valence-electron chi connectivity index (χ3n) is 5.27. The molecule has 0 unspecified atom stereocenters. The lowest BCUT2D eigenvalue weighted by Crippen LogP contribution is -2.52. The van der Waals surface area contributed by atoms with Crippen LogP contribution < -0.4 is 15.5 Å². The lowest BCUT2D eigenvalue weighted by Gasteiger charge is -2.36. The lowest BCUT2D eigenvalue weighted by molar-refractivity contribution is 0.0948. The maximum Gasteiger partial charge on any atom is 0.251 e. The van der Waals surface area contributed by atoms with Crippen molar-refractivity contribution in [2.75, 3.05) is 38.1 Å². The molecule has 1 aliphatic heterocycles. The first-order valence-electron chi connectivity index (χ1n) is 10.6. The summed E-state index contributed by atoms with van der Waals surface area (Å²) in [7, 11) is 1.79. The fourth-order valence-electron chi connectivity index (χ4n) is 3.59. The Morgan fingerprint density at radius 2 is 1.82 bits per heavy atom. The number of aromatic nitrogens is 2. The van der Waals surface area contributed by atoms with Crippen molar-refractivity contribution in [2.24, 2.45) is 4.99 Å². The van der Waals surface area contributed by atoms with E-state index in [1.807, 2.05) is 30.3 Å². The quantitative estimate of drug-likeness (QED) is 0.271. The van der Waals surface area contributed by atoms with Crippen LogP contribution in [-0.4, -0.2) is 60.0 Å². The van der Waals surface area contributed by atoms with E-state index in [9.17, 15) is 4.79 Å². The molecule has 1 fully saturated rings. The first-order valence-corrected chi connectivity index (χ1v) is 10.6. The van der Waals surface area contributed by atoms with Gasteiger partial charge >= 0.3 is 0 Å². The van der Waals surface area contributed by atoms with Crippen LogP contribution in [0.3, 0.4) is 0 Å². The highest BCUT2D eigenvalue weighted by atomic mass is 127. The Bertz CT molecular complexity index is 1040.